The van der Waals surface area contributed by atoms with Gasteiger partial charge in [-0.15, -0.1) is 0 Å². The molecule has 0 aromatic carbocycles. The van der Waals surface area contributed by atoms with Crippen molar-refractivity contribution >= 4 is 18.8 Å². The van der Waals surface area contributed by atoms with Gasteiger partial charge in [0.25, 0.3) is 0 Å². The Morgan fingerprint density at radius 1 is 0.522 bits per heavy atom. The zero-order chi connectivity index (χ0) is 17.2. The summed E-state index contributed by atoms with van der Waals surface area (Å²) in [6, 6.07) is 0. The van der Waals surface area contributed by atoms with Crippen LogP contribution in [0.2, 0.25) is 13.3 Å². The standard InChI is InChI=1S/2C8H17.C3H7O.C2H5.Sn/c2*1-3-5-7-8-6-4-2;1-2-3-4;1-2;/h2*1,3-8H2,2H3;2-3H2,1H3;1H2,2H3;/q;;-1;;+1. The molecule has 0 aromatic rings. The molecule has 0 aliphatic heterocycles. The second kappa shape index (κ2) is 17.6. The molecule has 0 aliphatic rings. The van der Waals surface area contributed by atoms with Gasteiger partial charge in [-0.3, -0.25) is 0 Å². The topological polar surface area (TPSA) is 9.23 Å². The molecular weight excluding hydrogens is 387 g/mol. The first kappa shape index (κ1) is 23.8. The Morgan fingerprint density at radius 2 is 0.957 bits per heavy atom. The van der Waals surface area contributed by atoms with E-state index in [9.17, 15) is 0 Å². The molecule has 0 aliphatic carbocycles. The van der Waals surface area contributed by atoms with Crippen LogP contribution in [0.1, 0.15) is 111 Å². The third-order valence-corrected chi connectivity index (χ3v) is 18.5. The monoisotopic (exact) mass is 434 g/mol. The van der Waals surface area contributed by atoms with Crippen molar-refractivity contribution in [1.29, 1.82) is 0 Å². The second-order valence-electron chi connectivity index (χ2n) is 7.42. The fourth-order valence-corrected chi connectivity index (χ4v) is 14.6. The zero-order valence-corrected chi connectivity index (χ0v) is 19.8. The Morgan fingerprint density at radius 3 is 1.35 bits per heavy atom. The molecule has 0 saturated heterocycles. The van der Waals surface area contributed by atoms with Crippen LogP contribution in [-0.2, 0) is 3.07 Å². The van der Waals surface area contributed by atoms with Gasteiger partial charge in [-0.1, -0.05) is 0 Å². The maximum atomic E-state index is 6.59. The van der Waals surface area contributed by atoms with Gasteiger partial charge in [0.1, 0.15) is 0 Å². The number of hydrogen-bond acceptors (Lipinski definition) is 1. The fraction of sp³-hybridized carbons (Fsp3) is 1.00. The predicted octanol–water partition coefficient (Wildman–Crippen LogP) is 8.10. The van der Waals surface area contributed by atoms with Gasteiger partial charge < -0.3 is 0 Å². The van der Waals surface area contributed by atoms with Crippen molar-refractivity contribution in [2.45, 2.75) is 124 Å². The Labute approximate surface area is 152 Å². The van der Waals surface area contributed by atoms with E-state index in [1.54, 1.807) is 0 Å². The Hall–Kier alpha value is 0.759. The van der Waals surface area contributed by atoms with Gasteiger partial charge in [-0.25, -0.2) is 0 Å². The summed E-state index contributed by atoms with van der Waals surface area (Å²) in [5.41, 5.74) is 0. The first-order valence-corrected chi connectivity index (χ1v) is 18.1. The molecule has 0 heterocycles. The number of unbranched alkanes of at least 4 members (excludes halogenated alkanes) is 10. The summed E-state index contributed by atoms with van der Waals surface area (Å²) in [6.45, 7) is 10.3. The number of rotatable bonds is 18. The molecule has 0 unspecified atom stereocenters. The summed E-state index contributed by atoms with van der Waals surface area (Å²) in [4.78, 5) is 0. The zero-order valence-electron chi connectivity index (χ0n) is 16.9. The van der Waals surface area contributed by atoms with E-state index in [2.05, 4.69) is 27.7 Å². The summed E-state index contributed by atoms with van der Waals surface area (Å²) in [5.74, 6) is 0. The first-order chi connectivity index (χ1) is 11.2. The predicted molar refractivity (Wildman–Crippen MR) is 109 cm³/mol. The average molecular weight is 433 g/mol. The van der Waals surface area contributed by atoms with Crippen molar-refractivity contribution in [3.05, 3.63) is 0 Å². The van der Waals surface area contributed by atoms with Crippen molar-refractivity contribution in [3.8, 4) is 0 Å². The molecule has 1 nitrogen and oxygen atoms in total. The van der Waals surface area contributed by atoms with Crippen LogP contribution in [0.4, 0.5) is 0 Å². The maximum absolute atomic E-state index is 6.59. The molecule has 0 bridgehead atoms. The van der Waals surface area contributed by atoms with Crippen LogP contribution in [0.25, 0.3) is 0 Å². The van der Waals surface area contributed by atoms with E-state index >= 15 is 0 Å². The van der Waals surface area contributed by atoms with Crippen LogP contribution in [0.5, 0.6) is 0 Å². The summed E-state index contributed by atoms with van der Waals surface area (Å²) >= 11 is -2.25. The summed E-state index contributed by atoms with van der Waals surface area (Å²) < 4.78 is 11.0. The van der Waals surface area contributed by atoms with E-state index in [0.717, 1.165) is 6.61 Å². The van der Waals surface area contributed by atoms with E-state index in [4.69, 9.17) is 3.07 Å². The van der Waals surface area contributed by atoms with Crippen molar-refractivity contribution in [3.63, 3.8) is 0 Å². The minimum atomic E-state index is -2.25. The minimum absolute atomic E-state index is 1.04. The Kier molecular flexibility index (Phi) is 18.2. The molecule has 0 aromatic heterocycles. The van der Waals surface area contributed by atoms with Crippen molar-refractivity contribution in [1.82, 2.24) is 0 Å². The SMILES string of the molecule is CCCCCCC[CH2][Sn]([CH2]C)([CH2]CCCCCCC)[O]CCC. The molecule has 0 atom stereocenters. The molecule has 23 heavy (non-hydrogen) atoms. The van der Waals surface area contributed by atoms with E-state index in [1.807, 2.05) is 0 Å². The second-order valence-corrected chi connectivity index (χ2v) is 19.9. The van der Waals surface area contributed by atoms with Crippen LogP contribution < -0.4 is 0 Å². The van der Waals surface area contributed by atoms with Crippen LogP contribution >= 0.6 is 0 Å². The Bertz CT molecular complexity index is 214. The molecule has 2 heteroatoms. The van der Waals surface area contributed by atoms with E-state index in [1.165, 1.54) is 96.8 Å². The fourth-order valence-electron chi connectivity index (χ4n) is 3.50. The molecule has 0 saturated carbocycles. The van der Waals surface area contributed by atoms with Crippen molar-refractivity contribution in [2.75, 3.05) is 6.61 Å². The van der Waals surface area contributed by atoms with Gasteiger partial charge in [-0.05, 0) is 0 Å². The Balaban J connectivity index is 4.06. The van der Waals surface area contributed by atoms with Gasteiger partial charge in [-0.2, -0.15) is 0 Å². The summed E-state index contributed by atoms with van der Waals surface area (Å²) in [7, 11) is 0. The van der Waals surface area contributed by atoms with E-state index < -0.39 is 18.8 Å². The summed E-state index contributed by atoms with van der Waals surface area (Å²) in [5, 5.41) is 0. The van der Waals surface area contributed by atoms with Gasteiger partial charge >= 0.3 is 153 Å². The van der Waals surface area contributed by atoms with E-state index in [0.29, 0.717) is 0 Å². The third kappa shape index (κ3) is 13.7. The molecular formula is C21H46OSn. The number of hydrogen-bond donors (Lipinski definition) is 0. The van der Waals surface area contributed by atoms with Crippen LogP contribution in [0, 0.1) is 0 Å². The third-order valence-electron chi connectivity index (χ3n) is 5.23. The first-order valence-electron chi connectivity index (χ1n) is 10.9. The average Bonchev–Trinajstić information content (AvgIpc) is 2.58. The van der Waals surface area contributed by atoms with Crippen molar-refractivity contribution in [2.24, 2.45) is 0 Å². The summed E-state index contributed by atoms with van der Waals surface area (Å²) in [6.07, 6.45) is 18.3. The van der Waals surface area contributed by atoms with Crippen LogP contribution in [-0.4, -0.2) is 25.4 Å². The molecule has 0 radical (unpaired) electrons. The molecule has 140 valence electrons. The van der Waals surface area contributed by atoms with E-state index in [-0.39, 0.29) is 0 Å². The molecule has 0 spiro atoms. The normalized spacial score (nSPS) is 12.0. The van der Waals surface area contributed by atoms with Crippen LogP contribution in [0.3, 0.4) is 0 Å². The van der Waals surface area contributed by atoms with Gasteiger partial charge in [0.05, 0.1) is 0 Å². The molecule has 0 N–H and O–H groups in total. The molecule has 0 rings (SSSR count). The van der Waals surface area contributed by atoms with Gasteiger partial charge in [0.2, 0.25) is 0 Å². The quantitative estimate of drug-likeness (QED) is 0.157. The van der Waals surface area contributed by atoms with Gasteiger partial charge in [0, 0.05) is 0 Å². The van der Waals surface area contributed by atoms with Gasteiger partial charge in [0.15, 0.2) is 0 Å². The van der Waals surface area contributed by atoms with Crippen LogP contribution in [0.15, 0.2) is 0 Å². The molecule has 0 amide bonds. The van der Waals surface area contributed by atoms with Crippen molar-refractivity contribution < 1.29 is 3.07 Å². The molecule has 0 fully saturated rings.